The van der Waals surface area contributed by atoms with Crippen LogP contribution in [0.5, 0.6) is 11.5 Å². The Bertz CT molecular complexity index is 1170. The van der Waals surface area contributed by atoms with Crippen LogP contribution in [0.25, 0.3) is 0 Å². The summed E-state index contributed by atoms with van der Waals surface area (Å²) >= 11 is 0. The first-order valence-corrected chi connectivity index (χ1v) is 14.3. The minimum atomic E-state index is -2.12. The van der Waals surface area contributed by atoms with Crippen LogP contribution in [0, 0.1) is 0 Å². The van der Waals surface area contributed by atoms with E-state index < -0.39 is 41.2 Å². The highest BCUT2D eigenvalue weighted by atomic mass is 16.7. The molecule has 0 bridgehead atoms. The summed E-state index contributed by atoms with van der Waals surface area (Å²) in [6.07, 6.45) is 3.97. The number of hydrogen-bond acceptors (Lipinski definition) is 10. The smallest absolute Gasteiger partial charge is 0.339 e. The predicted octanol–water partition coefficient (Wildman–Crippen LogP) is 2.97. The minimum absolute atomic E-state index is 0.0649. The van der Waals surface area contributed by atoms with E-state index in [1.165, 1.54) is 0 Å². The maximum Gasteiger partial charge on any atom is 0.339 e. The summed E-state index contributed by atoms with van der Waals surface area (Å²) in [5.41, 5.74) is -1.42. The highest BCUT2D eigenvalue weighted by Crippen LogP contribution is 2.55. The lowest BCUT2D eigenvalue weighted by atomic mass is 9.77. The van der Waals surface area contributed by atoms with E-state index in [0.29, 0.717) is 30.1 Å². The van der Waals surface area contributed by atoms with Gasteiger partial charge < -0.3 is 33.9 Å². The van der Waals surface area contributed by atoms with Crippen LogP contribution in [-0.4, -0.2) is 83.5 Å². The number of hydrogen-bond donors (Lipinski definition) is 2. The minimum Gasteiger partial charge on any atom is -0.497 e. The molecule has 4 atom stereocenters. The average molecular weight is 560 g/mol. The van der Waals surface area contributed by atoms with Crippen molar-refractivity contribution in [3.8, 4) is 11.5 Å². The van der Waals surface area contributed by atoms with Crippen LogP contribution >= 0.6 is 0 Å². The fourth-order valence-corrected chi connectivity index (χ4v) is 6.85. The van der Waals surface area contributed by atoms with E-state index in [-0.39, 0.29) is 25.7 Å². The van der Waals surface area contributed by atoms with Crippen LogP contribution in [0.4, 0.5) is 0 Å². The molecule has 0 saturated carbocycles. The van der Waals surface area contributed by atoms with Crippen LogP contribution in [0.15, 0.2) is 24.0 Å². The van der Waals surface area contributed by atoms with Gasteiger partial charge in [-0.25, -0.2) is 4.79 Å². The van der Waals surface area contributed by atoms with Crippen molar-refractivity contribution in [2.24, 2.45) is 0 Å². The van der Waals surface area contributed by atoms with Gasteiger partial charge in [0.2, 0.25) is 6.79 Å². The number of fused-ring (bicyclic) bond motifs is 3. The van der Waals surface area contributed by atoms with E-state index in [9.17, 15) is 19.8 Å². The number of ether oxygens (including phenoxy) is 5. The maximum absolute atomic E-state index is 13.8. The van der Waals surface area contributed by atoms with Gasteiger partial charge in [0.1, 0.15) is 5.76 Å². The molecule has 0 amide bonds. The fraction of sp³-hybridized carbons (Fsp3) is 0.667. The molecule has 1 aromatic carbocycles. The van der Waals surface area contributed by atoms with E-state index in [2.05, 4.69) is 11.0 Å². The van der Waals surface area contributed by atoms with Gasteiger partial charge in [-0.3, -0.25) is 9.69 Å². The van der Waals surface area contributed by atoms with Crippen molar-refractivity contribution < 1.29 is 43.5 Å². The lowest BCUT2D eigenvalue weighted by Gasteiger charge is -2.39. The summed E-state index contributed by atoms with van der Waals surface area (Å²) in [7, 11) is 1.56. The zero-order valence-corrected chi connectivity index (χ0v) is 23.9. The summed E-state index contributed by atoms with van der Waals surface area (Å²) in [4.78, 5) is 28.7. The zero-order chi connectivity index (χ0) is 28.7. The van der Waals surface area contributed by atoms with Crippen molar-refractivity contribution in [3.63, 3.8) is 0 Å². The Morgan fingerprint density at radius 3 is 2.60 bits per heavy atom. The van der Waals surface area contributed by atoms with Gasteiger partial charge in [0, 0.05) is 6.54 Å². The number of rotatable bonds is 10. The van der Waals surface area contributed by atoms with E-state index >= 15 is 0 Å². The molecule has 5 rings (SSSR count). The largest absolute Gasteiger partial charge is 0.497 e. The summed E-state index contributed by atoms with van der Waals surface area (Å²) in [5.74, 6) is -0.0176. The highest BCUT2D eigenvalue weighted by molar-refractivity contribution is 5.86. The van der Waals surface area contributed by atoms with Crippen LogP contribution in [0.1, 0.15) is 76.3 Å². The molecule has 10 nitrogen and oxygen atoms in total. The van der Waals surface area contributed by atoms with Gasteiger partial charge in [0.15, 0.2) is 23.2 Å². The quantitative estimate of drug-likeness (QED) is 0.414. The monoisotopic (exact) mass is 559 g/mol. The molecule has 0 radical (unpaired) electrons. The van der Waals surface area contributed by atoms with Crippen molar-refractivity contribution in [2.75, 3.05) is 33.6 Å². The maximum atomic E-state index is 13.8. The Balaban J connectivity index is 1.49. The summed E-state index contributed by atoms with van der Waals surface area (Å²) < 4.78 is 28.5. The molecular weight excluding hydrogens is 518 g/mol. The number of nitrogens with zero attached hydrogens (tertiary/aromatic N) is 1. The third kappa shape index (κ3) is 5.29. The second-order valence-electron chi connectivity index (χ2n) is 12.0. The van der Waals surface area contributed by atoms with Crippen molar-refractivity contribution >= 4 is 11.9 Å². The van der Waals surface area contributed by atoms with Crippen LogP contribution in [0.3, 0.4) is 0 Å². The van der Waals surface area contributed by atoms with E-state index in [1.54, 1.807) is 27.9 Å². The van der Waals surface area contributed by atoms with Gasteiger partial charge in [-0.2, -0.15) is 0 Å². The first kappa shape index (κ1) is 28.7. The molecule has 1 saturated heterocycles. The molecule has 2 N–H and O–H groups in total. The first-order valence-electron chi connectivity index (χ1n) is 14.3. The van der Waals surface area contributed by atoms with Gasteiger partial charge in [-0.05, 0) is 95.2 Å². The van der Waals surface area contributed by atoms with Gasteiger partial charge >= 0.3 is 11.9 Å². The third-order valence-corrected chi connectivity index (χ3v) is 8.70. The summed E-state index contributed by atoms with van der Waals surface area (Å²) in [6, 6.07) is 4.01. The molecule has 1 spiro atoms. The normalized spacial score (nSPS) is 26.6. The molecule has 3 heterocycles. The molecule has 1 fully saturated rings. The third-order valence-electron chi connectivity index (χ3n) is 8.70. The van der Waals surface area contributed by atoms with Crippen LogP contribution < -0.4 is 9.47 Å². The number of aliphatic hydroxyl groups is 2. The Hall–Kier alpha value is -2.82. The number of esters is 2. The number of carbonyl (C=O) groups is 2. The molecule has 220 valence electrons. The lowest BCUT2D eigenvalue weighted by Crippen LogP contribution is -2.49. The molecule has 4 unspecified atom stereocenters. The molecule has 4 aliphatic rings. The molecule has 0 aromatic heterocycles. The SMILES string of the molecule is CCOC(=O)CC(O)(CCCC(C)(C)O)C(=O)OC1C(OC)=CC23CCCN2CCc2cc4c(cc2C13)OCO4. The van der Waals surface area contributed by atoms with Crippen LogP contribution in [0.2, 0.25) is 0 Å². The standard InChI is InChI=1S/C30H41NO9/c1-5-37-24(32)17-30(35,11-6-9-28(2,3)34)27(33)40-26-23(36-4)16-29-10-7-12-31(29)13-8-19-14-21-22(39-18-38-21)15-20(19)25(26)29/h14-16,25-26,34-35H,5-13,17-18H2,1-4H3. The topological polar surface area (TPSA) is 124 Å². The van der Waals surface area contributed by atoms with Gasteiger partial charge in [-0.1, -0.05) is 0 Å². The van der Waals surface area contributed by atoms with Crippen molar-refractivity contribution in [2.45, 2.75) is 94.5 Å². The fourth-order valence-electron chi connectivity index (χ4n) is 6.85. The Morgan fingerprint density at radius 2 is 1.90 bits per heavy atom. The highest BCUT2D eigenvalue weighted by Gasteiger charge is 2.59. The Labute approximate surface area is 235 Å². The van der Waals surface area contributed by atoms with E-state index in [1.807, 2.05) is 12.1 Å². The Morgan fingerprint density at radius 1 is 1.15 bits per heavy atom. The number of benzene rings is 1. The molecule has 3 aliphatic heterocycles. The average Bonchev–Trinajstić information content (AvgIpc) is 3.57. The number of carbonyl (C=O) groups excluding carboxylic acids is 2. The van der Waals surface area contributed by atoms with Gasteiger partial charge in [-0.15, -0.1) is 0 Å². The first-order chi connectivity index (χ1) is 19.0. The van der Waals surface area contributed by atoms with Crippen molar-refractivity contribution in [1.82, 2.24) is 4.90 Å². The van der Waals surface area contributed by atoms with Crippen LogP contribution in [-0.2, 0) is 30.2 Å². The Kier molecular flexibility index (Phi) is 7.80. The molecule has 1 aliphatic carbocycles. The molecule has 40 heavy (non-hydrogen) atoms. The second-order valence-corrected chi connectivity index (χ2v) is 12.0. The van der Waals surface area contributed by atoms with Crippen molar-refractivity contribution in [1.29, 1.82) is 0 Å². The summed E-state index contributed by atoms with van der Waals surface area (Å²) in [5, 5.41) is 21.8. The van der Waals surface area contributed by atoms with E-state index in [0.717, 1.165) is 43.5 Å². The second kappa shape index (κ2) is 10.9. The molecular formula is C30H41NO9. The number of methoxy groups -OCH3 is 1. The summed E-state index contributed by atoms with van der Waals surface area (Å²) in [6.45, 7) is 7.01. The van der Waals surface area contributed by atoms with Gasteiger partial charge in [0.25, 0.3) is 0 Å². The lowest BCUT2D eigenvalue weighted by molar-refractivity contribution is -0.179. The van der Waals surface area contributed by atoms with Gasteiger partial charge in [0.05, 0.1) is 37.2 Å². The molecule has 10 heteroatoms. The zero-order valence-electron chi connectivity index (χ0n) is 23.9. The molecule has 1 aromatic rings. The van der Waals surface area contributed by atoms with Crippen molar-refractivity contribution in [3.05, 3.63) is 35.1 Å². The van der Waals surface area contributed by atoms with E-state index in [4.69, 9.17) is 23.7 Å². The predicted molar refractivity (Wildman–Crippen MR) is 144 cm³/mol.